The van der Waals surface area contributed by atoms with Crippen LogP contribution in [0, 0.1) is 25.3 Å². The van der Waals surface area contributed by atoms with Crippen molar-refractivity contribution in [1.29, 1.82) is 0 Å². The third kappa shape index (κ3) is 11.2. The minimum Gasteiger partial charge on any atom is -0.737 e. The zero-order valence-corrected chi connectivity index (χ0v) is 18.9. The normalized spacial score (nSPS) is 15.7. The smallest absolute Gasteiger partial charge is 0.737 e. The number of hydrogen-bond acceptors (Lipinski definition) is 10. The molecular formula is C15H23ClCuN6O6S. The minimum absolute atomic E-state index is 0. The molecule has 173 valence electrons. The molecule has 1 aliphatic heterocycles. The zero-order valence-electron chi connectivity index (χ0n) is 16.3. The van der Waals surface area contributed by atoms with Crippen LogP contribution < -0.4 is 18.6 Å². The molecule has 2 rings (SSSR count). The summed E-state index contributed by atoms with van der Waals surface area (Å²) in [6.45, 7) is 8.10. The van der Waals surface area contributed by atoms with Gasteiger partial charge in [0.1, 0.15) is 4.64 Å². The summed E-state index contributed by atoms with van der Waals surface area (Å²) in [7, 11) is -4.94. The van der Waals surface area contributed by atoms with Gasteiger partial charge in [-0.2, -0.15) is 0 Å². The van der Waals surface area contributed by atoms with Gasteiger partial charge in [-0.15, -0.1) is 15.3 Å². The molecule has 0 amide bonds. The van der Waals surface area contributed by atoms with E-state index in [0.29, 0.717) is 25.7 Å². The zero-order chi connectivity index (χ0) is 22.0. The van der Waals surface area contributed by atoms with E-state index >= 15 is 0 Å². The second-order valence-corrected chi connectivity index (χ2v) is 7.46. The molecule has 0 bridgehead atoms. The number of aromatic nitrogens is 1. The number of pyridine rings is 1. The molecule has 1 aromatic heterocycles. The number of hydrazine groups is 1. The number of aliphatic imine (C=N–C) groups is 1. The first-order valence-electron chi connectivity index (χ1n) is 8.63. The second-order valence-electron chi connectivity index (χ2n) is 6.31. The summed E-state index contributed by atoms with van der Waals surface area (Å²) in [5, 5.41) is 25.1. The van der Waals surface area contributed by atoms with Crippen molar-refractivity contribution in [3.05, 3.63) is 38.9 Å². The van der Waals surface area contributed by atoms with Gasteiger partial charge < -0.3 is 15.0 Å². The fourth-order valence-electron chi connectivity index (χ4n) is 2.58. The molecule has 0 aromatic carbocycles. The number of piperazine rings is 1. The largest absolute Gasteiger partial charge is 2.00 e. The van der Waals surface area contributed by atoms with Gasteiger partial charge in [-0.1, -0.05) is 12.2 Å². The van der Waals surface area contributed by atoms with Crippen LogP contribution in [-0.4, -0.2) is 64.9 Å². The van der Waals surface area contributed by atoms with Gasteiger partial charge >= 0.3 is 17.1 Å². The van der Waals surface area contributed by atoms with Crippen LogP contribution in [0.5, 0.6) is 0 Å². The van der Waals surface area contributed by atoms with Crippen LogP contribution in [0.1, 0.15) is 25.5 Å². The molecule has 0 spiro atoms. The van der Waals surface area contributed by atoms with Crippen LogP contribution >= 0.6 is 12.2 Å². The molecule has 1 aromatic rings. The van der Waals surface area contributed by atoms with E-state index in [1.807, 2.05) is 29.1 Å². The molecule has 30 heavy (non-hydrogen) atoms. The third-order valence-electron chi connectivity index (χ3n) is 4.00. The topological polar surface area (TPSA) is 178 Å². The van der Waals surface area contributed by atoms with E-state index in [0.717, 1.165) is 29.8 Å². The fraction of sp³-hybridized carbons (Fsp3) is 0.600. The Morgan fingerprint density at radius 3 is 2.27 bits per heavy atom. The van der Waals surface area contributed by atoms with E-state index in [1.54, 1.807) is 0 Å². The Kier molecular flexibility index (Phi) is 13.2. The quantitative estimate of drug-likeness (QED) is 0.0987. The van der Waals surface area contributed by atoms with Crippen molar-refractivity contribution in [2.75, 3.05) is 39.3 Å². The molecular weight excluding hydrogens is 491 g/mol. The molecule has 0 aliphatic carbocycles. The summed E-state index contributed by atoms with van der Waals surface area (Å²) in [5.41, 5.74) is 0.949. The van der Waals surface area contributed by atoms with E-state index < -0.39 is 10.2 Å². The summed E-state index contributed by atoms with van der Waals surface area (Å²) in [6.07, 6.45) is 3.81. The molecule has 0 N–H and O–H groups in total. The standard InChI is InChI=1S/C15H24N6O2S.ClHO4.Cu/c1-13(2)20-6-3-4-14(15(20)24)12-16-5-7-18-8-10-19(11-9-18)21(23)17-22;2-1(3,4)5;/h3-4,6,12-13,22H,5,7-11H2,1-2H3;(H,2,3,4,5);/q;;+2/p-2/b16-12?,21-17-;;. The van der Waals surface area contributed by atoms with Gasteiger partial charge in [0, 0.05) is 48.6 Å². The van der Waals surface area contributed by atoms with Crippen molar-refractivity contribution in [1.82, 2.24) is 14.5 Å². The van der Waals surface area contributed by atoms with Gasteiger partial charge in [0.2, 0.25) is 0 Å². The van der Waals surface area contributed by atoms with Gasteiger partial charge in [-0.25, -0.2) is 18.6 Å². The van der Waals surface area contributed by atoms with Crippen LogP contribution in [0.4, 0.5) is 0 Å². The monoisotopic (exact) mass is 513 g/mol. The molecule has 1 saturated heterocycles. The van der Waals surface area contributed by atoms with E-state index in [1.165, 1.54) is 5.01 Å². The Hall–Kier alpha value is -1.35. The number of halogens is 1. The van der Waals surface area contributed by atoms with E-state index in [-0.39, 0.29) is 22.0 Å². The van der Waals surface area contributed by atoms with Gasteiger partial charge in [-0.05, 0) is 31.3 Å². The maximum atomic E-state index is 11.1. The molecule has 0 atom stereocenters. The van der Waals surface area contributed by atoms with Crippen molar-refractivity contribution in [3.63, 3.8) is 0 Å². The van der Waals surface area contributed by atoms with Crippen molar-refractivity contribution in [2.45, 2.75) is 19.9 Å². The summed E-state index contributed by atoms with van der Waals surface area (Å²) >= 11 is 5.48. The Balaban J connectivity index is 0.00000125. The van der Waals surface area contributed by atoms with E-state index in [4.69, 9.17) is 30.9 Å². The van der Waals surface area contributed by atoms with E-state index in [9.17, 15) is 10.4 Å². The summed E-state index contributed by atoms with van der Waals surface area (Å²) in [4.78, 5) is 6.80. The Labute approximate surface area is 192 Å². The molecule has 12 nitrogen and oxygen atoms in total. The molecule has 0 unspecified atom stereocenters. The second kappa shape index (κ2) is 13.9. The predicted molar refractivity (Wildman–Crippen MR) is 95.5 cm³/mol. The molecule has 1 radical (unpaired) electrons. The van der Waals surface area contributed by atoms with Crippen molar-refractivity contribution in [3.8, 4) is 0 Å². The first-order valence-corrected chi connectivity index (χ1v) is 10.3. The Bertz CT molecular complexity index is 746. The van der Waals surface area contributed by atoms with Crippen LogP contribution in [0.2, 0.25) is 0 Å². The third-order valence-corrected chi connectivity index (χ3v) is 4.44. The van der Waals surface area contributed by atoms with Crippen molar-refractivity contribution < 1.29 is 50.9 Å². The average molecular weight is 514 g/mol. The van der Waals surface area contributed by atoms with Gasteiger partial charge in [0.05, 0.1) is 19.6 Å². The molecule has 15 heteroatoms. The predicted octanol–water partition coefficient (Wildman–Crippen LogP) is -2.55. The van der Waals surface area contributed by atoms with Crippen LogP contribution in [-0.2, 0) is 17.1 Å². The summed E-state index contributed by atoms with van der Waals surface area (Å²) in [5.74, 6) is 0. The van der Waals surface area contributed by atoms with Crippen molar-refractivity contribution in [2.24, 2.45) is 10.3 Å². The Morgan fingerprint density at radius 2 is 1.77 bits per heavy atom. The van der Waals surface area contributed by atoms with Gasteiger partial charge in [-0.3, -0.25) is 9.89 Å². The van der Waals surface area contributed by atoms with Gasteiger partial charge in [0.25, 0.3) is 0 Å². The maximum absolute atomic E-state index is 11.1. The molecule has 1 aliphatic rings. The molecule has 0 saturated carbocycles. The van der Waals surface area contributed by atoms with Gasteiger partial charge in [0.15, 0.2) is 0 Å². The SMILES string of the molecule is CC(C)n1cccc(C=NCCN2CCN(/[N+]([O-])=N/[O-])CC2)c1=S.[Cu+2].[O-][Cl+3]([O-])([O-])[O-]. The Morgan fingerprint density at radius 1 is 1.20 bits per heavy atom. The van der Waals surface area contributed by atoms with Crippen molar-refractivity contribution >= 4 is 18.4 Å². The maximum Gasteiger partial charge on any atom is 2.00 e. The summed E-state index contributed by atoms with van der Waals surface area (Å²) < 4.78 is 36.8. The first-order chi connectivity index (χ1) is 13.5. The van der Waals surface area contributed by atoms with Crippen LogP contribution in [0.25, 0.3) is 0 Å². The van der Waals surface area contributed by atoms with Crippen LogP contribution in [0.3, 0.4) is 0 Å². The molecule has 2 heterocycles. The molecule has 1 fully saturated rings. The summed E-state index contributed by atoms with van der Waals surface area (Å²) in [6, 6.07) is 4.27. The fourth-order valence-corrected chi connectivity index (χ4v) is 2.97. The average Bonchev–Trinajstić information content (AvgIpc) is 2.64. The van der Waals surface area contributed by atoms with E-state index in [2.05, 4.69) is 29.0 Å². The number of rotatable bonds is 6. The first kappa shape index (κ1) is 28.6. The number of nitrogens with zero attached hydrogens (tertiary/aromatic N) is 6. The van der Waals surface area contributed by atoms with Crippen LogP contribution in [0.15, 0.2) is 28.6 Å². The number of hydrogen-bond donors (Lipinski definition) is 0. The minimum atomic E-state index is -4.94.